The van der Waals surface area contributed by atoms with E-state index < -0.39 is 0 Å². The van der Waals surface area contributed by atoms with E-state index in [4.69, 9.17) is 16.3 Å². The third-order valence-electron chi connectivity index (χ3n) is 3.13. The molecule has 0 spiro atoms. The van der Waals surface area contributed by atoms with E-state index in [1.54, 1.807) is 12.0 Å². The second kappa shape index (κ2) is 7.48. The Labute approximate surface area is 133 Å². The maximum absolute atomic E-state index is 12.2. The van der Waals surface area contributed by atoms with Crippen LogP contribution in [0.1, 0.15) is 5.56 Å². The van der Waals surface area contributed by atoms with Gasteiger partial charge in [-0.1, -0.05) is 12.1 Å². The molecule has 1 fully saturated rings. The van der Waals surface area contributed by atoms with E-state index in [1.807, 2.05) is 48.6 Å². The SMILES string of the molecule is COc1cccc(C)c1N(CC1SCCS1)C(=O)CCl. The summed E-state index contributed by atoms with van der Waals surface area (Å²) in [7, 11) is 1.63. The molecule has 3 nitrogen and oxygen atoms in total. The van der Waals surface area contributed by atoms with Crippen LogP contribution in [0.3, 0.4) is 0 Å². The Morgan fingerprint density at radius 2 is 2.15 bits per heavy atom. The van der Waals surface area contributed by atoms with E-state index in [1.165, 1.54) is 0 Å². The molecule has 1 heterocycles. The van der Waals surface area contributed by atoms with Gasteiger partial charge in [-0.3, -0.25) is 4.79 Å². The first-order chi connectivity index (χ1) is 9.67. The fourth-order valence-electron chi connectivity index (χ4n) is 2.19. The molecule has 0 radical (unpaired) electrons. The number of carbonyl (C=O) groups excluding carboxylic acids is 1. The summed E-state index contributed by atoms with van der Waals surface area (Å²) in [6, 6.07) is 5.80. The largest absolute Gasteiger partial charge is 0.495 e. The molecule has 0 bridgehead atoms. The number of thioether (sulfide) groups is 2. The predicted octanol–water partition coefficient (Wildman–Crippen LogP) is 3.38. The molecule has 1 aliphatic rings. The minimum atomic E-state index is -0.0765. The first-order valence-electron chi connectivity index (χ1n) is 6.40. The quantitative estimate of drug-likeness (QED) is 0.774. The number of aryl methyl sites for hydroxylation is 1. The highest BCUT2D eigenvalue weighted by molar-refractivity contribution is 8.20. The number of benzene rings is 1. The lowest BCUT2D eigenvalue weighted by Crippen LogP contribution is -2.37. The number of rotatable bonds is 5. The average molecular weight is 332 g/mol. The van der Waals surface area contributed by atoms with Crippen molar-refractivity contribution in [2.45, 2.75) is 11.5 Å². The van der Waals surface area contributed by atoms with Crippen molar-refractivity contribution in [1.29, 1.82) is 0 Å². The van der Waals surface area contributed by atoms with Gasteiger partial charge >= 0.3 is 0 Å². The Balaban J connectivity index is 2.32. The van der Waals surface area contributed by atoms with E-state index in [2.05, 4.69) is 0 Å². The standard InChI is InChI=1S/C14H18ClNO2S2/c1-10-4-3-5-11(18-2)14(10)16(12(17)8-15)9-13-19-6-7-20-13/h3-5,13H,6-9H2,1-2H3. The summed E-state index contributed by atoms with van der Waals surface area (Å²) in [6.07, 6.45) is 0. The number of halogens is 1. The first kappa shape index (κ1) is 15.9. The van der Waals surface area contributed by atoms with Gasteiger partial charge in [0.25, 0.3) is 0 Å². The maximum Gasteiger partial charge on any atom is 0.242 e. The molecule has 110 valence electrons. The van der Waals surface area contributed by atoms with Crippen LogP contribution in [-0.4, -0.2) is 41.5 Å². The molecule has 0 N–H and O–H groups in total. The number of methoxy groups -OCH3 is 1. The van der Waals surface area contributed by atoms with Crippen LogP contribution in [0.15, 0.2) is 18.2 Å². The molecule has 1 saturated heterocycles. The zero-order valence-electron chi connectivity index (χ0n) is 11.6. The van der Waals surface area contributed by atoms with Gasteiger partial charge in [0, 0.05) is 18.1 Å². The van der Waals surface area contributed by atoms with Crippen molar-refractivity contribution in [2.24, 2.45) is 0 Å². The summed E-state index contributed by atoms with van der Waals surface area (Å²) in [5.41, 5.74) is 1.87. The summed E-state index contributed by atoms with van der Waals surface area (Å²) >= 11 is 9.58. The lowest BCUT2D eigenvalue weighted by molar-refractivity contribution is -0.116. The monoisotopic (exact) mass is 331 g/mol. The normalized spacial score (nSPS) is 15.3. The van der Waals surface area contributed by atoms with Crippen LogP contribution in [-0.2, 0) is 4.79 Å². The van der Waals surface area contributed by atoms with Gasteiger partial charge in [0.1, 0.15) is 11.6 Å². The zero-order valence-corrected chi connectivity index (χ0v) is 14.0. The highest BCUT2D eigenvalue weighted by Crippen LogP contribution is 2.37. The van der Waals surface area contributed by atoms with Crippen molar-refractivity contribution >= 4 is 46.7 Å². The summed E-state index contributed by atoms with van der Waals surface area (Å²) in [6.45, 7) is 2.66. The third kappa shape index (κ3) is 3.57. The van der Waals surface area contributed by atoms with Gasteiger partial charge in [-0.15, -0.1) is 35.1 Å². The van der Waals surface area contributed by atoms with Crippen molar-refractivity contribution in [3.8, 4) is 5.75 Å². The number of nitrogens with zero attached hydrogens (tertiary/aromatic N) is 1. The fraction of sp³-hybridized carbons (Fsp3) is 0.500. The lowest BCUT2D eigenvalue weighted by atomic mass is 10.1. The molecule has 0 atom stereocenters. The van der Waals surface area contributed by atoms with Gasteiger partial charge in [0.2, 0.25) is 5.91 Å². The molecule has 6 heteroatoms. The Bertz CT molecular complexity index is 478. The molecule has 20 heavy (non-hydrogen) atoms. The predicted molar refractivity (Wildman–Crippen MR) is 89.5 cm³/mol. The number of ether oxygens (including phenoxy) is 1. The van der Waals surface area contributed by atoms with Gasteiger partial charge in [0.05, 0.1) is 17.4 Å². The van der Waals surface area contributed by atoms with E-state index in [0.717, 1.165) is 28.5 Å². The van der Waals surface area contributed by atoms with Gasteiger partial charge in [0.15, 0.2) is 0 Å². The number of carbonyl (C=O) groups is 1. The van der Waals surface area contributed by atoms with E-state index >= 15 is 0 Å². The van der Waals surface area contributed by atoms with Gasteiger partial charge in [-0.2, -0.15) is 0 Å². The second-order valence-corrected chi connectivity index (χ2v) is 7.62. The minimum absolute atomic E-state index is 0.0143. The molecule has 0 aromatic heterocycles. The van der Waals surface area contributed by atoms with E-state index in [9.17, 15) is 4.79 Å². The molecule has 2 rings (SSSR count). The van der Waals surface area contributed by atoms with Crippen molar-refractivity contribution in [3.63, 3.8) is 0 Å². The molecule has 1 aromatic carbocycles. The average Bonchev–Trinajstić information content (AvgIpc) is 2.97. The number of hydrogen-bond donors (Lipinski definition) is 0. The number of amides is 1. The zero-order chi connectivity index (χ0) is 14.5. The van der Waals surface area contributed by atoms with Crippen LogP contribution < -0.4 is 9.64 Å². The molecule has 0 saturated carbocycles. The van der Waals surface area contributed by atoms with E-state index in [0.29, 0.717) is 11.1 Å². The van der Waals surface area contributed by atoms with Crippen LogP contribution in [0.4, 0.5) is 5.69 Å². The van der Waals surface area contributed by atoms with Crippen LogP contribution in [0.5, 0.6) is 5.75 Å². The van der Waals surface area contributed by atoms with Crippen molar-refractivity contribution in [1.82, 2.24) is 0 Å². The number of para-hydroxylation sites is 1. The Kier molecular flexibility index (Phi) is 5.93. The summed E-state index contributed by atoms with van der Waals surface area (Å²) in [4.78, 5) is 14.0. The molecule has 1 aromatic rings. The molecule has 0 aliphatic carbocycles. The fourth-order valence-corrected chi connectivity index (χ4v) is 5.11. The summed E-state index contributed by atoms with van der Waals surface area (Å²) in [5.74, 6) is 2.91. The van der Waals surface area contributed by atoms with Crippen LogP contribution in [0.25, 0.3) is 0 Å². The molecule has 0 unspecified atom stereocenters. The van der Waals surface area contributed by atoms with E-state index in [-0.39, 0.29) is 11.8 Å². The van der Waals surface area contributed by atoms with Gasteiger partial charge in [-0.25, -0.2) is 0 Å². The highest BCUT2D eigenvalue weighted by Gasteiger charge is 2.26. The maximum atomic E-state index is 12.2. The number of anilines is 1. The van der Waals surface area contributed by atoms with Crippen molar-refractivity contribution in [3.05, 3.63) is 23.8 Å². The van der Waals surface area contributed by atoms with Crippen LogP contribution in [0, 0.1) is 6.92 Å². The summed E-state index contributed by atoms with van der Waals surface area (Å²) < 4.78 is 5.82. The third-order valence-corrected chi connectivity index (χ3v) is 6.35. The van der Waals surface area contributed by atoms with Crippen molar-refractivity contribution in [2.75, 3.05) is 35.9 Å². The minimum Gasteiger partial charge on any atom is -0.495 e. The van der Waals surface area contributed by atoms with Gasteiger partial charge in [-0.05, 0) is 18.6 Å². The van der Waals surface area contributed by atoms with Crippen LogP contribution >= 0.6 is 35.1 Å². The molecular formula is C14H18ClNO2S2. The van der Waals surface area contributed by atoms with Gasteiger partial charge < -0.3 is 9.64 Å². The second-order valence-electron chi connectivity index (χ2n) is 4.43. The Hall–Kier alpha value is -0.520. The Morgan fingerprint density at radius 3 is 2.75 bits per heavy atom. The summed E-state index contributed by atoms with van der Waals surface area (Å²) in [5, 5.41) is 0. The van der Waals surface area contributed by atoms with Crippen molar-refractivity contribution < 1.29 is 9.53 Å². The molecule has 1 aliphatic heterocycles. The molecular weight excluding hydrogens is 314 g/mol. The highest BCUT2D eigenvalue weighted by atomic mass is 35.5. The lowest BCUT2D eigenvalue weighted by Gasteiger charge is -2.27. The smallest absolute Gasteiger partial charge is 0.242 e. The molecule has 1 amide bonds. The Morgan fingerprint density at radius 1 is 1.45 bits per heavy atom. The topological polar surface area (TPSA) is 29.5 Å². The number of hydrogen-bond acceptors (Lipinski definition) is 4. The first-order valence-corrected chi connectivity index (χ1v) is 9.03. The van der Waals surface area contributed by atoms with Crippen LogP contribution in [0.2, 0.25) is 0 Å². The number of alkyl halides is 1.